The molecule has 0 spiro atoms. The first-order valence-corrected chi connectivity index (χ1v) is 12.4. The van der Waals surface area contributed by atoms with E-state index in [9.17, 15) is 4.79 Å². The van der Waals surface area contributed by atoms with Crippen molar-refractivity contribution in [2.75, 3.05) is 24.5 Å². The van der Waals surface area contributed by atoms with E-state index in [4.69, 9.17) is 11.6 Å². The Labute approximate surface area is 190 Å². The van der Waals surface area contributed by atoms with E-state index >= 15 is 0 Å². The molecule has 0 radical (unpaired) electrons. The molecule has 3 heterocycles. The maximum atomic E-state index is 13.3. The van der Waals surface area contributed by atoms with Crippen LogP contribution in [0.3, 0.4) is 0 Å². The van der Waals surface area contributed by atoms with Crippen molar-refractivity contribution >= 4 is 46.3 Å². The first-order chi connectivity index (χ1) is 14.5. The highest BCUT2D eigenvalue weighted by Crippen LogP contribution is 2.46. The highest BCUT2D eigenvalue weighted by Gasteiger charge is 2.30. The Morgan fingerprint density at radius 3 is 2.67 bits per heavy atom. The first kappa shape index (κ1) is 20.0. The molecule has 6 heteroatoms. The molecular formula is C24H23ClN2OS2. The number of nitrogens with zero attached hydrogens (tertiary/aromatic N) is 2. The summed E-state index contributed by atoms with van der Waals surface area (Å²) in [5, 5.41) is 0.762. The smallest absolute Gasteiger partial charge is 0.264 e. The number of hydrogen-bond donors (Lipinski definition) is 0. The van der Waals surface area contributed by atoms with Crippen molar-refractivity contribution in [2.45, 2.75) is 30.5 Å². The average molecular weight is 455 g/mol. The van der Waals surface area contributed by atoms with Crippen molar-refractivity contribution < 1.29 is 4.79 Å². The van der Waals surface area contributed by atoms with Gasteiger partial charge in [-0.15, -0.1) is 23.1 Å². The Balaban J connectivity index is 1.34. The van der Waals surface area contributed by atoms with Crippen LogP contribution in [-0.2, 0) is 5.75 Å². The van der Waals surface area contributed by atoms with E-state index in [0.29, 0.717) is 6.04 Å². The van der Waals surface area contributed by atoms with Gasteiger partial charge in [-0.05, 0) is 49.7 Å². The molecule has 0 N–H and O–H groups in total. The average Bonchev–Trinajstić information content (AvgIpc) is 3.18. The van der Waals surface area contributed by atoms with Crippen LogP contribution in [0.2, 0.25) is 5.02 Å². The number of benzene rings is 2. The van der Waals surface area contributed by atoms with Gasteiger partial charge in [0.1, 0.15) is 0 Å². The highest BCUT2D eigenvalue weighted by atomic mass is 35.5. The molecule has 1 amide bonds. The van der Waals surface area contributed by atoms with Gasteiger partial charge in [-0.25, -0.2) is 0 Å². The summed E-state index contributed by atoms with van der Waals surface area (Å²) in [6.07, 6.45) is 0. The van der Waals surface area contributed by atoms with E-state index < -0.39 is 0 Å². The fourth-order valence-corrected chi connectivity index (χ4v) is 6.90. The van der Waals surface area contributed by atoms with Crippen LogP contribution in [0.5, 0.6) is 0 Å². The number of rotatable bonds is 2. The molecule has 1 aromatic heterocycles. The number of anilines is 1. The summed E-state index contributed by atoms with van der Waals surface area (Å²) in [5.41, 5.74) is 4.96. The van der Waals surface area contributed by atoms with Gasteiger partial charge >= 0.3 is 0 Å². The molecule has 0 aliphatic carbocycles. The third-order valence-corrected chi connectivity index (χ3v) is 8.41. The fourth-order valence-electron chi connectivity index (χ4n) is 4.25. The Hall–Kier alpha value is -1.95. The van der Waals surface area contributed by atoms with Gasteiger partial charge in [-0.3, -0.25) is 4.79 Å². The summed E-state index contributed by atoms with van der Waals surface area (Å²) in [4.78, 5) is 21.0. The standard InChI is InChI=1S/C24H23ClN2OS2/c1-15-3-6-19(7-4-15)27-10-9-26(13-16(27)2)24(28)22-11-17-14-29-21-12-18(25)5-8-20(21)23(17)30-22/h3-8,11-12,16H,9-10,13-14H2,1-2H3. The summed E-state index contributed by atoms with van der Waals surface area (Å²) in [7, 11) is 0. The van der Waals surface area contributed by atoms with Crippen LogP contribution < -0.4 is 4.90 Å². The number of halogens is 1. The predicted octanol–water partition coefficient (Wildman–Crippen LogP) is 6.33. The second-order valence-corrected chi connectivity index (χ2v) is 10.5. The predicted molar refractivity (Wildman–Crippen MR) is 128 cm³/mol. The minimum Gasteiger partial charge on any atom is -0.365 e. The number of aryl methyl sites for hydroxylation is 1. The van der Waals surface area contributed by atoms with Crippen molar-refractivity contribution in [3.63, 3.8) is 0 Å². The van der Waals surface area contributed by atoms with Gasteiger partial charge in [0.2, 0.25) is 0 Å². The maximum absolute atomic E-state index is 13.3. The molecule has 0 saturated carbocycles. The summed E-state index contributed by atoms with van der Waals surface area (Å²) in [6.45, 7) is 6.67. The lowest BCUT2D eigenvalue weighted by atomic mass is 10.1. The van der Waals surface area contributed by atoms with Crippen LogP contribution in [-0.4, -0.2) is 36.5 Å². The van der Waals surface area contributed by atoms with Crippen molar-refractivity contribution in [3.8, 4) is 10.4 Å². The second-order valence-electron chi connectivity index (χ2n) is 8.02. The number of piperazine rings is 1. The largest absolute Gasteiger partial charge is 0.365 e. The van der Waals surface area contributed by atoms with E-state index in [1.807, 2.05) is 17.0 Å². The van der Waals surface area contributed by atoms with Gasteiger partial charge in [0.05, 0.1) is 4.88 Å². The molecule has 1 saturated heterocycles. The Morgan fingerprint density at radius 2 is 1.90 bits per heavy atom. The number of fused-ring (bicyclic) bond motifs is 3. The number of carbonyl (C=O) groups is 1. The Morgan fingerprint density at radius 1 is 1.10 bits per heavy atom. The van der Waals surface area contributed by atoms with Crippen LogP contribution in [0.15, 0.2) is 53.4 Å². The SMILES string of the molecule is Cc1ccc(N2CCN(C(=O)c3cc4c(s3)-c3ccc(Cl)cc3SC4)CC2C)cc1. The van der Waals surface area contributed by atoms with Crippen LogP contribution in [0, 0.1) is 6.92 Å². The Kier molecular flexibility index (Phi) is 5.30. The fraction of sp³-hybridized carbons (Fsp3) is 0.292. The van der Waals surface area contributed by atoms with Gasteiger partial charge in [0.25, 0.3) is 5.91 Å². The van der Waals surface area contributed by atoms with Gasteiger partial charge in [-0.2, -0.15) is 0 Å². The second kappa shape index (κ2) is 7.95. The summed E-state index contributed by atoms with van der Waals surface area (Å²) in [6, 6.07) is 17.1. The molecule has 1 atom stereocenters. The molecule has 2 aromatic carbocycles. The van der Waals surface area contributed by atoms with E-state index in [1.54, 1.807) is 23.1 Å². The molecule has 1 unspecified atom stereocenters. The van der Waals surface area contributed by atoms with Gasteiger partial charge in [0.15, 0.2) is 0 Å². The normalized spacial score (nSPS) is 18.2. The molecule has 154 valence electrons. The number of amides is 1. The minimum atomic E-state index is 0.158. The number of carbonyl (C=O) groups excluding carboxylic acids is 1. The third-order valence-electron chi connectivity index (χ3n) is 5.87. The zero-order valence-electron chi connectivity index (χ0n) is 17.0. The van der Waals surface area contributed by atoms with Crippen LogP contribution in [0.1, 0.15) is 27.7 Å². The lowest BCUT2D eigenvalue weighted by molar-refractivity contribution is 0.0731. The van der Waals surface area contributed by atoms with Gasteiger partial charge < -0.3 is 9.80 Å². The number of thioether (sulfide) groups is 1. The van der Waals surface area contributed by atoms with E-state index in [0.717, 1.165) is 35.3 Å². The molecular weight excluding hydrogens is 432 g/mol. The van der Waals surface area contributed by atoms with Crippen LogP contribution in [0.25, 0.3) is 10.4 Å². The summed E-state index contributed by atoms with van der Waals surface area (Å²) < 4.78 is 0. The topological polar surface area (TPSA) is 23.6 Å². The molecule has 5 rings (SSSR count). The van der Waals surface area contributed by atoms with Crippen molar-refractivity contribution in [2.24, 2.45) is 0 Å². The monoisotopic (exact) mass is 454 g/mol. The Bertz CT molecular complexity index is 1110. The molecule has 3 aromatic rings. The molecule has 3 nitrogen and oxygen atoms in total. The van der Waals surface area contributed by atoms with Gasteiger partial charge in [0, 0.05) is 57.5 Å². The quantitative estimate of drug-likeness (QED) is 0.451. The molecule has 1 fully saturated rings. The summed E-state index contributed by atoms with van der Waals surface area (Å²) in [5.74, 6) is 1.05. The number of thiophene rings is 1. The van der Waals surface area contributed by atoms with Crippen molar-refractivity contribution in [1.29, 1.82) is 0 Å². The third kappa shape index (κ3) is 3.64. The summed E-state index contributed by atoms with van der Waals surface area (Å²) >= 11 is 9.58. The first-order valence-electron chi connectivity index (χ1n) is 10.2. The van der Waals surface area contributed by atoms with Crippen molar-refractivity contribution in [1.82, 2.24) is 4.90 Å². The zero-order valence-corrected chi connectivity index (χ0v) is 19.4. The van der Waals surface area contributed by atoms with Gasteiger partial charge in [-0.1, -0.05) is 35.4 Å². The van der Waals surface area contributed by atoms with Crippen molar-refractivity contribution in [3.05, 3.63) is 69.6 Å². The van der Waals surface area contributed by atoms with Crippen LogP contribution in [0.4, 0.5) is 5.69 Å². The molecule has 2 aliphatic rings. The van der Waals surface area contributed by atoms with Crippen LogP contribution >= 0.6 is 34.7 Å². The molecule has 0 bridgehead atoms. The van der Waals surface area contributed by atoms with E-state index in [2.05, 4.69) is 55.1 Å². The molecule has 2 aliphatic heterocycles. The van der Waals surface area contributed by atoms with E-state index in [1.165, 1.54) is 32.2 Å². The molecule has 30 heavy (non-hydrogen) atoms. The lowest BCUT2D eigenvalue weighted by Crippen LogP contribution is -2.53. The van der Waals surface area contributed by atoms with E-state index in [-0.39, 0.29) is 5.91 Å². The minimum absolute atomic E-state index is 0.158. The maximum Gasteiger partial charge on any atom is 0.264 e. The zero-order chi connectivity index (χ0) is 20.8. The lowest BCUT2D eigenvalue weighted by Gasteiger charge is -2.41. The number of hydrogen-bond acceptors (Lipinski definition) is 4. The highest BCUT2D eigenvalue weighted by molar-refractivity contribution is 7.98.